The second-order valence-corrected chi connectivity index (χ2v) is 13.1. The third-order valence-corrected chi connectivity index (χ3v) is 10.5. The van der Waals surface area contributed by atoms with Crippen LogP contribution in [-0.2, 0) is 6.42 Å². The quantitative estimate of drug-likeness (QED) is 0.198. The molecule has 0 bridgehead atoms. The van der Waals surface area contributed by atoms with Crippen LogP contribution in [-0.4, -0.2) is 22.2 Å². The number of benzene rings is 5. The maximum absolute atomic E-state index is 5.43. The van der Waals surface area contributed by atoms with E-state index in [2.05, 4.69) is 156 Å². The molecule has 0 saturated heterocycles. The first-order valence-electron chi connectivity index (χ1n) is 15.6. The highest BCUT2D eigenvalue weighted by Crippen LogP contribution is 2.41. The van der Waals surface area contributed by atoms with Crippen molar-refractivity contribution in [3.63, 3.8) is 0 Å². The van der Waals surface area contributed by atoms with Crippen LogP contribution in [0.15, 0.2) is 138 Å². The SMILES string of the molecule is CN1C(c2ccccc2)=CC(c2ccccc2)=NC1n1c2ccccc2c2cc(-c3ccc4sc5c(c4c3)C=CCC5)ccc21. The molecule has 0 fully saturated rings. The minimum Gasteiger partial charge on any atom is -0.335 e. The van der Waals surface area contributed by atoms with Crippen LogP contribution >= 0.6 is 11.3 Å². The van der Waals surface area contributed by atoms with E-state index < -0.39 is 0 Å². The van der Waals surface area contributed by atoms with Gasteiger partial charge in [0.25, 0.3) is 0 Å². The van der Waals surface area contributed by atoms with Gasteiger partial charge in [0.2, 0.25) is 6.29 Å². The molecule has 5 aromatic carbocycles. The largest absolute Gasteiger partial charge is 0.335 e. The third-order valence-electron chi connectivity index (χ3n) is 9.29. The van der Waals surface area contributed by atoms with Gasteiger partial charge in [-0.2, -0.15) is 0 Å². The Labute approximate surface area is 266 Å². The Morgan fingerprint density at radius 3 is 2.18 bits per heavy atom. The number of nitrogens with zero attached hydrogens (tertiary/aromatic N) is 3. The first kappa shape index (κ1) is 26.2. The van der Waals surface area contributed by atoms with E-state index in [1.807, 2.05) is 11.3 Å². The van der Waals surface area contributed by atoms with Gasteiger partial charge in [-0.25, -0.2) is 4.99 Å². The Morgan fingerprint density at radius 2 is 1.36 bits per heavy atom. The van der Waals surface area contributed by atoms with Gasteiger partial charge in [-0.1, -0.05) is 103 Å². The van der Waals surface area contributed by atoms with Crippen molar-refractivity contribution in [3.8, 4) is 11.1 Å². The molecule has 216 valence electrons. The molecule has 1 atom stereocenters. The molecular formula is C41H31N3S. The van der Waals surface area contributed by atoms with Gasteiger partial charge < -0.3 is 9.47 Å². The van der Waals surface area contributed by atoms with E-state index in [1.54, 1.807) is 0 Å². The molecule has 2 aromatic heterocycles. The molecule has 1 aliphatic heterocycles. The highest BCUT2D eigenvalue weighted by molar-refractivity contribution is 7.19. The van der Waals surface area contributed by atoms with Gasteiger partial charge >= 0.3 is 0 Å². The molecule has 1 aliphatic carbocycles. The van der Waals surface area contributed by atoms with Crippen LogP contribution in [0, 0.1) is 0 Å². The van der Waals surface area contributed by atoms with Gasteiger partial charge in [0.05, 0.1) is 16.7 Å². The van der Waals surface area contributed by atoms with E-state index in [4.69, 9.17) is 4.99 Å². The predicted octanol–water partition coefficient (Wildman–Crippen LogP) is 10.6. The highest BCUT2D eigenvalue weighted by atomic mass is 32.1. The van der Waals surface area contributed by atoms with E-state index >= 15 is 0 Å². The number of rotatable bonds is 4. The zero-order chi connectivity index (χ0) is 29.9. The Hall–Kier alpha value is -5.19. The van der Waals surface area contributed by atoms with Crippen molar-refractivity contribution >= 4 is 60.7 Å². The molecule has 1 unspecified atom stereocenters. The molecule has 0 N–H and O–H groups in total. The highest BCUT2D eigenvalue weighted by Gasteiger charge is 2.28. The van der Waals surface area contributed by atoms with Crippen molar-refractivity contribution in [2.75, 3.05) is 7.05 Å². The number of thiophene rings is 1. The third kappa shape index (κ3) is 4.28. The standard InChI is InChI=1S/C41H31N3S/c1-43-38(28-14-6-3-7-15-28)26-35(27-12-4-2-5-13-27)42-41(43)44-36-18-10-8-16-31(36)33-24-29(20-22-37(33)44)30-21-23-40-34(25-30)32-17-9-11-19-39(32)45-40/h2-10,12-18,20-26,41H,11,19H2,1H3. The normalized spacial score (nSPS) is 16.3. The number of aryl methyl sites for hydroxylation is 1. The number of allylic oxidation sites excluding steroid dienone is 2. The zero-order valence-electron chi connectivity index (χ0n) is 25.0. The summed E-state index contributed by atoms with van der Waals surface area (Å²) in [5, 5.41) is 3.86. The predicted molar refractivity (Wildman–Crippen MR) is 192 cm³/mol. The molecule has 45 heavy (non-hydrogen) atoms. The molecule has 0 saturated carbocycles. The second-order valence-electron chi connectivity index (χ2n) is 11.9. The summed E-state index contributed by atoms with van der Waals surface area (Å²) in [4.78, 5) is 9.25. The van der Waals surface area contributed by atoms with Gasteiger partial charge in [0.1, 0.15) is 0 Å². The second kappa shape index (κ2) is 10.5. The lowest BCUT2D eigenvalue weighted by Crippen LogP contribution is -2.31. The number of aromatic nitrogens is 1. The number of para-hydroxylation sites is 1. The molecule has 0 amide bonds. The first-order chi connectivity index (χ1) is 22.2. The lowest BCUT2D eigenvalue weighted by molar-refractivity contribution is 0.282. The number of aliphatic imine (C=N–C) groups is 1. The van der Waals surface area contributed by atoms with E-state index in [0.29, 0.717) is 0 Å². The van der Waals surface area contributed by atoms with Crippen LogP contribution in [0.3, 0.4) is 0 Å². The molecule has 0 radical (unpaired) electrons. The lowest BCUT2D eigenvalue weighted by atomic mass is 9.98. The molecule has 7 aromatic rings. The van der Waals surface area contributed by atoms with E-state index in [-0.39, 0.29) is 6.29 Å². The lowest BCUT2D eigenvalue weighted by Gasteiger charge is -2.35. The fraction of sp³-hybridized carbons (Fsp3) is 0.0976. The summed E-state index contributed by atoms with van der Waals surface area (Å²) in [7, 11) is 2.16. The summed E-state index contributed by atoms with van der Waals surface area (Å²) in [6.45, 7) is 0. The molecule has 3 nitrogen and oxygen atoms in total. The van der Waals surface area contributed by atoms with Gasteiger partial charge in [-0.15, -0.1) is 11.3 Å². The summed E-state index contributed by atoms with van der Waals surface area (Å²) >= 11 is 1.95. The Kier molecular flexibility index (Phi) is 6.10. The van der Waals surface area contributed by atoms with Gasteiger partial charge in [0.15, 0.2) is 0 Å². The average Bonchev–Trinajstić information content (AvgIpc) is 3.64. The van der Waals surface area contributed by atoms with Crippen LogP contribution in [0.1, 0.15) is 34.3 Å². The maximum Gasteiger partial charge on any atom is 0.203 e. The fourth-order valence-electron chi connectivity index (χ4n) is 7.06. The van der Waals surface area contributed by atoms with Crippen LogP contribution in [0.4, 0.5) is 0 Å². The van der Waals surface area contributed by atoms with Gasteiger partial charge in [0, 0.05) is 38.5 Å². The first-order valence-corrected chi connectivity index (χ1v) is 16.4. The van der Waals surface area contributed by atoms with Crippen molar-refractivity contribution in [2.45, 2.75) is 19.1 Å². The van der Waals surface area contributed by atoms with E-state index in [0.717, 1.165) is 29.8 Å². The fourth-order valence-corrected chi connectivity index (χ4v) is 8.25. The van der Waals surface area contributed by atoms with Crippen molar-refractivity contribution in [3.05, 3.63) is 155 Å². The topological polar surface area (TPSA) is 20.5 Å². The Balaban J connectivity index is 1.23. The summed E-state index contributed by atoms with van der Waals surface area (Å²) in [5.74, 6) is 0. The van der Waals surface area contributed by atoms with E-state index in [9.17, 15) is 0 Å². The smallest absolute Gasteiger partial charge is 0.203 e. The molecule has 2 aliphatic rings. The maximum atomic E-state index is 5.43. The average molecular weight is 598 g/mol. The van der Waals surface area contributed by atoms with Gasteiger partial charge in [-0.05, 0) is 77.1 Å². The summed E-state index contributed by atoms with van der Waals surface area (Å²) in [6.07, 6.45) is 8.90. The number of hydrogen-bond acceptors (Lipinski definition) is 3. The summed E-state index contributed by atoms with van der Waals surface area (Å²) in [5.41, 5.74) is 10.7. The molecule has 9 rings (SSSR count). The summed E-state index contributed by atoms with van der Waals surface area (Å²) < 4.78 is 3.79. The van der Waals surface area contributed by atoms with Crippen LogP contribution < -0.4 is 0 Å². The number of fused-ring (bicyclic) bond motifs is 6. The summed E-state index contributed by atoms with van der Waals surface area (Å²) in [6, 6.07) is 43.9. The monoisotopic (exact) mass is 597 g/mol. The van der Waals surface area contributed by atoms with Crippen molar-refractivity contribution in [1.29, 1.82) is 0 Å². The minimum atomic E-state index is -0.255. The molecule has 0 spiro atoms. The van der Waals surface area contributed by atoms with E-state index in [1.165, 1.54) is 59.0 Å². The van der Waals surface area contributed by atoms with Crippen molar-refractivity contribution in [2.24, 2.45) is 4.99 Å². The number of hydrogen-bond donors (Lipinski definition) is 0. The molecule has 4 heteroatoms. The molecular weight excluding hydrogens is 567 g/mol. The Bertz CT molecular complexity index is 2340. The van der Waals surface area contributed by atoms with Crippen molar-refractivity contribution < 1.29 is 0 Å². The van der Waals surface area contributed by atoms with Crippen molar-refractivity contribution in [1.82, 2.24) is 9.47 Å². The Morgan fingerprint density at radius 1 is 0.667 bits per heavy atom. The van der Waals surface area contributed by atoms with Crippen LogP contribution in [0.5, 0.6) is 0 Å². The van der Waals surface area contributed by atoms with Gasteiger partial charge in [-0.3, -0.25) is 0 Å². The molecule has 3 heterocycles. The minimum absolute atomic E-state index is 0.255. The zero-order valence-corrected chi connectivity index (χ0v) is 25.8. The van der Waals surface area contributed by atoms with Crippen LogP contribution in [0.2, 0.25) is 0 Å². The van der Waals surface area contributed by atoms with Crippen LogP contribution in [0.25, 0.3) is 54.8 Å².